The van der Waals surface area contributed by atoms with Gasteiger partial charge in [0.15, 0.2) is 0 Å². The molecule has 1 unspecified atom stereocenters. The molecule has 0 saturated heterocycles. The van der Waals surface area contributed by atoms with Crippen molar-refractivity contribution in [1.29, 1.82) is 5.26 Å². The fourth-order valence-electron chi connectivity index (χ4n) is 0.186. The van der Waals surface area contributed by atoms with Crippen LogP contribution in [0.5, 0.6) is 0 Å². The van der Waals surface area contributed by atoms with E-state index in [1.165, 1.54) is 0 Å². The van der Waals surface area contributed by atoms with Crippen molar-refractivity contribution in [2.45, 2.75) is 6.10 Å². The third kappa shape index (κ3) is 3.93. The van der Waals surface area contributed by atoms with E-state index >= 15 is 0 Å². The van der Waals surface area contributed by atoms with Crippen molar-refractivity contribution in [3.8, 4) is 5.40 Å². The van der Waals surface area contributed by atoms with Gasteiger partial charge in [0.05, 0.1) is 12.7 Å². The fraction of sp³-hybridized carbons (Fsp3) is 0.750. The summed E-state index contributed by atoms with van der Waals surface area (Å²) in [4.78, 5) is 0. The molecule has 0 aliphatic carbocycles. The van der Waals surface area contributed by atoms with Crippen LogP contribution >= 0.6 is 11.8 Å². The quantitative estimate of drug-likeness (QED) is 0.512. The summed E-state index contributed by atoms with van der Waals surface area (Å²) in [6.07, 6.45) is -0.750. The molecule has 0 aromatic carbocycles. The Bertz CT molecular complexity index is 90.5. The van der Waals surface area contributed by atoms with Gasteiger partial charge in [0, 0.05) is 5.75 Å². The lowest BCUT2D eigenvalue weighted by atomic mass is 10.4. The number of hydrogen-bond donors (Lipinski definition) is 2. The number of aliphatic hydroxyl groups excluding tert-OH is 2. The third-order valence-corrected chi connectivity index (χ3v) is 1.23. The van der Waals surface area contributed by atoms with Gasteiger partial charge in [-0.1, -0.05) is 0 Å². The molecule has 0 spiro atoms. The second-order valence-electron chi connectivity index (χ2n) is 1.24. The van der Waals surface area contributed by atoms with Crippen molar-refractivity contribution < 1.29 is 10.2 Å². The number of nitriles is 1. The molecule has 2 N–H and O–H groups in total. The Balaban J connectivity index is 3.01. The average Bonchev–Trinajstić information content (AvgIpc) is 1.83. The van der Waals surface area contributed by atoms with Crippen LogP contribution in [-0.2, 0) is 0 Å². The minimum atomic E-state index is -0.750. The molecule has 0 heterocycles. The van der Waals surface area contributed by atoms with Gasteiger partial charge in [-0.2, -0.15) is 5.26 Å². The monoisotopic (exact) mass is 133 g/mol. The molecular weight excluding hydrogens is 126 g/mol. The average molecular weight is 133 g/mol. The molecular formula is C4H7NO2S. The molecule has 0 fully saturated rings. The van der Waals surface area contributed by atoms with Gasteiger partial charge >= 0.3 is 0 Å². The first-order valence-electron chi connectivity index (χ1n) is 2.11. The molecule has 1 atom stereocenters. The number of aliphatic hydroxyl groups is 2. The highest BCUT2D eigenvalue weighted by molar-refractivity contribution is 8.03. The van der Waals surface area contributed by atoms with Gasteiger partial charge < -0.3 is 10.2 Å². The molecule has 4 heteroatoms. The van der Waals surface area contributed by atoms with E-state index in [1.54, 1.807) is 5.40 Å². The van der Waals surface area contributed by atoms with Gasteiger partial charge in [-0.3, -0.25) is 0 Å². The summed E-state index contributed by atoms with van der Waals surface area (Å²) in [5.41, 5.74) is 0. The summed E-state index contributed by atoms with van der Waals surface area (Å²) in [6.45, 7) is -0.269. The Morgan fingerprint density at radius 1 is 1.75 bits per heavy atom. The van der Waals surface area contributed by atoms with Gasteiger partial charge in [0.1, 0.15) is 5.40 Å². The first-order chi connectivity index (χ1) is 3.81. The van der Waals surface area contributed by atoms with Crippen molar-refractivity contribution in [3.63, 3.8) is 0 Å². The fourth-order valence-corrected chi connectivity index (χ4v) is 0.558. The maximum Gasteiger partial charge on any atom is 0.133 e. The zero-order valence-corrected chi connectivity index (χ0v) is 5.06. The molecule has 0 saturated carbocycles. The number of thiocyanates is 1. The summed E-state index contributed by atoms with van der Waals surface area (Å²) in [7, 11) is 0. The van der Waals surface area contributed by atoms with E-state index in [9.17, 15) is 0 Å². The summed E-state index contributed by atoms with van der Waals surface area (Å²) in [5, 5.41) is 26.5. The number of rotatable bonds is 3. The summed E-state index contributed by atoms with van der Waals surface area (Å²) < 4.78 is 0. The van der Waals surface area contributed by atoms with E-state index in [0.29, 0.717) is 0 Å². The molecule has 0 rings (SSSR count). The molecule has 8 heavy (non-hydrogen) atoms. The maximum atomic E-state index is 8.57. The van der Waals surface area contributed by atoms with Crippen molar-refractivity contribution in [3.05, 3.63) is 0 Å². The molecule has 3 nitrogen and oxygen atoms in total. The molecule has 0 aromatic rings. The van der Waals surface area contributed by atoms with Crippen LogP contribution in [0.2, 0.25) is 0 Å². The lowest BCUT2D eigenvalue weighted by molar-refractivity contribution is 0.114. The van der Waals surface area contributed by atoms with Crippen molar-refractivity contribution in [2.24, 2.45) is 0 Å². The maximum absolute atomic E-state index is 8.57. The SMILES string of the molecule is N#CSCC(O)CO. The first kappa shape index (κ1) is 7.76. The summed E-state index contributed by atoms with van der Waals surface area (Å²) in [6, 6.07) is 0. The van der Waals surface area contributed by atoms with E-state index in [1.807, 2.05) is 0 Å². The van der Waals surface area contributed by atoms with Crippen molar-refractivity contribution in [2.75, 3.05) is 12.4 Å². The minimum absolute atomic E-state index is 0.269. The molecule has 0 aliphatic rings. The lowest BCUT2D eigenvalue weighted by Crippen LogP contribution is -2.13. The van der Waals surface area contributed by atoms with E-state index in [2.05, 4.69) is 0 Å². The third-order valence-electron chi connectivity index (χ3n) is 0.551. The van der Waals surface area contributed by atoms with Gasteiger partial charge in [0.25, 0.3) is 0 Å². The van der Waals surface area contributed by atoms with Crippen molar-refractivity contribution >= 4 is 11.8 Å². The smallest absolute Gasteiger partial charge is 0.133 e. The van der Waals surface area contributed by atoms with E-state index < -0.39 is 6.10 Å². The van der Waals surface area contributed by atoms with Gasteiger partial charge in [0.2, 0.25) is 0 Å². The number of thioether (sulfide) groups is 1. The zero-order valence-electron chi connectivity index (χ0n) is 4.24. The van der Waals surface area contributed by atoms with Crippen LogP contribution in [0.1, 0.15) is 0 Å². The Morgan fingerprint density at radius 3 is 2.75 bits per heavy atom. The molecule has 0 aliphatic heterocycles. The van der Waals surface area contributed by atoms with Gasteiger partial charge in [-0.25, -0.2) is 0 Å². The minimum Gasteiger partial charge on any atom is -0.394 e. The highest BCUT2D eigenvalue weighted by Crippen LogP contribution is 1.97. The highest BCUT2D eigenvalue weighted by atomic mass is 32.2. The number of nitrogens with zero attached hydrogens (tertiary/aromatic N) is 1. The first-order valence-corrected chi connectivity index (χ1v) is 3.09. The Labute approximate surface area is 51.9 Å². The van der Waals surface area contributed by atoms with Crippen molar-refractivity contribution in [1.82, 2.24) is 0 Å². The molecule has 0 radical (unpaired) electrons. The predicted molar refractivity (Wildman–Crippen MR) is 31.2 cm³/mol. The van der Waals surface area contributed by atoms with Crippen LogP contribution in [0.4, 0.5) is 0 Å². The molecule has 46 valence electrons. The number of hydrogen-bond acceptors (Lipinski definition) is 4. The van der Waals surface area contributed by atoms with Crippen LogP contribution < -0.4 is 0 Å². The van der Waals surface area contributed by atoms with Crippen LogP contribution in [0, 0.1) is 10.7 Å². The second kappa shape index (κ2) is 4.91. The van der Waals surface area contributed by atoms with Gasteiger partial charge in [-0.15, -0.1) is 0 Å². The van der Waals surface area contributed by atoms with E-state index in [4.69, 9.17) is 15.5 Å². The standard InChI is InChI=1S/C4H7NO2S/c5-3-8-2-4(7)1-6/h4,6-7H,1-2H2. The summed E-state index contributed by atoms with van der Waals surface area (Å²) in [5.74, 6) is 0.285. The molecule has 0 aromatic heterocycles. The summed E-state index contributed by atoms with van der Waals surface area (Å²) >= 11 is 0.936. The lowest BCUT2D eigenvalue weighted by Gasteiger charge is -1.99. The van der Waals surface area contributed by atoms with E-state index in [-0.39, 0.29) is 12.4 Å². The predicted octanol–water partition coefficient (Wildman–Crippen LogP) is -0.446. The zero-order chi connectivity index (χ0) is 6.41. The molecule has 0 bridgehead atoms. The van der Waals surface area contributed by atoms with Crippen LogP contribution in [0.15, 0.2) is 0 Å². The van der Waals surface area contributed by atoms with Crippen LogP contribution in [-0.4, -0.2) is 28.7 Å². The molecule has 0 amide bonds. The second-order valence-corrected chi connectivity index (χ2v) is 2.04. The van der Waals surface area contributed by atoms with Gasteiger partial charge in [-0.05, 0) is 11.8 Å². The topological polar surface area (TPSA) is 64.2 Å². The Hall–Kier alpha value is -0.240. The Kier molecular flexibility index (Phi) is 4.76. The van der Waals surface area contributed by atoms with Crippen LogP contribution in [0.25, 0.3) is 0 Å². The van der Waals surface area contributed by atoms with Crippen LogP contribution in [0.3, 0.4) is 0 Å². The largest absolute Gasteiger partial charge is 0.394 e. The normalized spacial score (nSPS) is 12.6. The van der Waals surface area contributed by atoms with E-state index in [0.717, 1.165) is 11.8 Å². The highest BCUT2D eigenvalue weighted by Gasteiger charge is 1.98. The Morgan fingerprint density at radius 2 is 2.38 bits per heavy atom.